The first-order chi connectivity index (χ1) is 18.8. The van der Waals surface area contributed by atoms with E-state index in [4.69, 9.17) is 0 Å². The summed E-state index contributed by atoms with van der Waals surface area (Å²) >= 11 is 0. The molecule has 0 spiro atoms. The summed E-state index contributed by atoms with van der Waals surface area (Å²) in [5.74, 6) is -0.0587. The van der Waals surface area contributed by atoms with Crippen LogP contribution in [0.5, 0.6) is 0 Å². The Morgan fingerprint density at radius 2 is 2.08 bits per heavy atom. The number of aryl methyl sites for hydroxylation is 2. The Balaban J connectivity index is 0.000000195. The molecule has 0 aromatic carbocycles. The summed E-state index contributed by atoms with van der Waals surface area (Å²) in [7, 11) is 3.54. The van der Waals surface area contributed by atoms with Crippen LogP contribution in [-0.4, -0.2) is 66.9 Å². The van der Waals surface area contributed by atoms with Crippen LogP contribution < -0.4 is 0 Å². The van der Waals surface area contributed by atoms with E-state index in [1.54, 1.807) is 29.0 Å². The first-order valence-corrected chi connectivity index (χ1v) is 13.0. The van der Waals surface area contributed by atoms with Crippen molar-refractivity contribution < 1.29 is 13.6 Å². The number of hydrogen-bond acceptors (Lipinski definition) is 6. The molecule has 0 bridgehead atoms. The lowest BCUT2D eigenvalue weighted by molar-refractivity contribution is -0.125. The monoisotopic (exact) mass is 536 g/mol. The van der Waals surface area contributed by atoms with Gasteiger partial charge in [0.25, 0.3) is 12.3 Å². The summed E-state index contributed by atoms with van der Waals surface area (Å²) in [6.07, 6.45) is 13.3. The molecule has 2 aromatic rings. The number of nitrogens with zero attached hydrogens (tertiary/aromatic N) is 7. The van der Waals surface area contributed by atoms with Crippen molar-refractivity contribution in [3.05, 3.63) is 83.0 Å². The quantitative estimate of drug-likeness (QED) is 0.590. The Bertz CT molecular complexity index is 1360. The van der Waals surface area contributed by atoms with E-state index < -0.39 is 6.43 Å². The zero-order chi connectivity index (χ0) is 27.9. The number of halogens is 2. The Morgan fingerprint density at radius 3 is 2.79 bits per heavy atom. The third kappa shape index (κ3) is 6.65. The van der Waals surface area contributed by atoms with Crippen LogP contribution in [0.25, 0.3) is 0 Å². The van der Waals surface area contributed by atoms with Gasteiger partial charge in [0.15, 0.2) is 0 Å². The number of imidazole rings is 1. The predicted octanol–water partition coefficient (Wildman–Crippen LogP) is 4.46. The molecular formula is C28H34F2N8O. The van der Waals surface area contributed by atoms with Gasteiger partial charge in [-0.15, -0.1) is 5.10 Å². The molecular weight excluding hydrogens is 502 g/mol. The summed E-state index contributed by atoms with van der Waals surface area (Å²) in [5, 5.41) is 12.6. The summed E-state index contributed by atoms with van der Waals surface area (Å²) in [5.41, 5.74) is 5.93. The standard InChI is InChI=1S/C15H17N7O.C13H17F2N/c1-9-5-12(20-21(9)2)11-6-13(19-18-11)15(23)22-4-3-10-14(7-22)17-8-16-10;1-3-4-5-6-8-11-9-7-10-12(13(14)15)16(11)2/h5,8H,3-4,6-7H2,1-2H3,(H,16,17);5-10,13H,3-4H2,1-2H3/b;6-5-,11-8-. The molecule has 0 atom stereocenters. The lowest BCUT2D eigenvalue weighted by atomic mass is 10.1. The molecule has 0 aliphatic carbocycles. The SMILES string of the molecule is CCC/C=C\C=C1\C=CC=C(C(F)F)N1C.Cc1cc(C2=NN=C(C(=O)N3CCc4nc[nH]c4C3)C2)nn1C. The van der Waals surface area contributed by atoms with Crippen molar-refractivity contribution in [2.24, 2.45) is 17.3 Å². The van der Waals surface area contributed by atoms with Crippen molar-refractivity contribution in [1.82, 2.24) is 29.5 Å². The number of aromatic amines is 1. The highest BCUT2D eigenvalue weighted by atomic mass is 19.3. The molecule has 206 valence electrons. The number of nitrogens with one attached hydrogen (secondary N) is 1. The van der Waals surface area contributed by atoms with Gasteiger partial charge < -0.3 is 14.8 Å². The van der Waals surface area contributed by atoms with E-state index in [2.05, 4.69) is 32.2 Å². The van der Waals surface area contributed by atoms with Gasteiger partial charge in [0.05, 0.1) is 35.7 Å². The minimum atomic E-state index is -2.43. The van der Waals surface area contributed by atoms with Crippen molar-refractivity contribution in [1.29, 1.82) is 0 Å². The van der Waals surface area contributed by atoms with Crippen molar-refractivity contribution in [3.8, 4) is 0 Å². The third-order valence-corrected chi connectivity index (χ3v) is 6.74. The molecule has 1 N–H and O–H groups in total. The van der Waals surface area contributed by atoms with Gasteiger partial charge in [-0.3, -0.25) is 9.48 Å². The molecule has 11 heteroatoms. The lowest BCUT2D eigenvalue weighted by Gasteiger charge is -2.26. The van der Waals surface area contributed by atoms with Gasteiger partial charge in [0.1, 0.15) is 11.4 Å². The zero-order valence-corrected chi connectivity index (χ0v) is 22.7. The number of alkyl halides is 2. The number of aromatic nitrogens is 4. The highest BCUT2D eigenvalue weighted by Crippen LogP contribution is 2.22. The summed E-state index contributed by atoms with van der Waals surface area (Å²) in [4.78, 5) is 23.3. The Morgan fingerprint density at radius 1 is 1.26 bits per heavy atom. The maximum atomic E-state index is 12.6. The van der Waals surface area contributed by atoms with Crippen LogP contribution in [0.1, 0.15) is 49.0 Å². The van der Waals surface area contributed by atoms with Gasteiger partial charge in [-0.05, 0) is 37.6 Å². The van der Waals surface area contributed by atoms with Gasteiger partial charge in [0, 0.05) is 44.9 Å². The molecule has 0 fully saturated rings. The Kier molecular flexibility index (Phi) is 9.00. The fraction of sp³-hybridized carbons (Fsp3) is 0.393. The number of carbonyl (C=O) groups is 1. The van der Waals surface area contributed by atoms with E-state index in [0.717, 1.165) is 53.4 Å². The smallest absolute Gasteiger partial charge is 0.278 e. The summed E-state index contributed by atoms with van der Waals surface area (Å²) in [6.45, 7) is 5.29. The first kappa shape index (κ1) is 27.9. The maximum absolute atomic E-state index is 12.6. The molecule has 9 nitrogen and oxygen atoms in total. The molecule has 39 heavy (non-hydrogen) atoms. The molecule has 2 aromatic heterocycles. The van der Waals surface area contributed by atoms with E-state index in [-0.39, 0.29) is 11.6 Å². The normalized spacial score (nSPS) is 17.8. The number of H-pyrrole nitrogens is 1. The van der Waals surface area contributed by atoms with E-state index >= 15 is 0 Å². The molecule has 3 aliphatic rings. The number of rotatable bonds is 6. The highest BCUT2D eigenvalue weighted by Gasteiger charge is 2.29. The molecule has 0 saturated heterocycles. The van der Waals surface area contributed by atoms with Crippen LogP contribution in [0.2, 0.25) is 0 Å². The number of unbranched alkanes of at least 4 members (excludes halogenated alkanes) is 1. The average molecular weight is 537 g/mol. The van der Waals surface area contributed by atoms with Crippen LogP contribution in [0.4, 0.5) is 8.78 Å². The minimum Gasteiger partial charge on any atom is -0.347 e. The highest BCUT2D eigenvalue weighted by molar-refractivity contribution is 6.44. The van der Waals surface area contributed by atoms with Crippen LogP contribution in [-0.2, 0) is 24.8 Å². The van der Waals surface area contributed by atoms with Gasteiger partial charge >= 0.3 is 0 Å². The van der Waals surface area contributed by atoms with Crippen LogP contribution >= 0.6 is 0 Å². The number of hydrogen-bond donors (Lipinski definition) is 1. The van der Waals surface area contributed by atoms with Crippen molar-refractivity contribution in [2.45, 2.75) is 52.5 Å². The van der Waals surface area contributed by atoms with Gasteiger partial charge in [0.2, 0.25) is 0 Å². The Hall–Kier alpha value is -4.15. The van der Waals surface area contributed by atoms with Crippen molar-refractivity contribution in [3.63, 3.8) is 0 Å². The second-order valence-corrected chi connectivity index (χ2v) is 9.49. The largest absolute Gasteiger partial charge is 0.347 e. The van der Waals surface area contributed by atoms with E-state index in [1.165, 1.54) is 11.0 Å². The fourth-order valence-electron chi connectivity index (χ4n) is 4.31. The van der Waals surface area contributed by atoms with Gasteiger partial charge in [-0.2, -0.15) is 10.2 Å². The van der Waals surface area contributed by atoms with Crippen molar-refractivity contribution >= 4 is 17.3 Å². The second kappa shape index (κ2) is 12.6. The first-order valence-electron chi connectivity index (χ1n) is 13.0. The fourth-order valence-corrected chi connectivity index (χ4v) is 4.31. The summed E-state index contributed by atoms with van der Waals surface area (Å²) in [6, 6.07) is 1.96. The van der Waals surface area contributed by atoms with Crippen molar-refractivity contribution in [2.75, 3.05) is 13.6 Å². The molecule has 3 aliphatic heterocycles. The van der Waals surface area contributed by atoms with Crippen LogP contribution in [0.3, 0.4) is 0 Å². The predicted molar refractivity (Wildman–Crippen MR) is 147 cm³/mol. The van der Waals surface area contributed by atoms with Gasteiger partial charge in [-0.1, -0.05) is 31.6 Å². The summed E-state index contributed by atoms with van der Waals surface area (Å²) < 4.78 is 27.0. The molecule has 0 saturated carbocycles. The van der Waals surface area contributed by atoms with E-state index in [9.17, 15) is 13.6 Å². The number of carbonyl (C=O) groups excluding carboxylic acids is 1. The lowest BCUT2D eigenvalue weighted by Crippen LogP contribution is -2.40. The molecule has 5 rings (SSSR count). The van der Waals surface area contributed by atoms with E-state index in [1.807, 2.05) is 44.3 Å². The third-order valence-electron chi connectivity index (χ3n) is 6.74. The number of allylic oxidation sites excluding steroid dienone is 7. The van der Waals surface area contributed by atoms with Crippen LogP contribution in [0, 0.1) is 6.92 Å². The topological polar surface area (TPSA) is 94.8 Å². The second-order valence-electron chi connectivity index (χ2n) is 9.49. The molecule has 5 heterocycles. The number of fused-ring (bicyclic) bond motifs is 1. The molecule has 0 radical (unpaired) electrons. The maximum Gasteiger partial charge on any atom is 0.278 e. The number of amides is 1. The molecule has 1 amide bonds. The number of likely N-dealkylation sites (N-methyl/N-ethyl adjacent to an activating group) is 1. The average Bonchev–Trinajstić information content (AvgIpc) is 3.67. The Labute approximate surface area is 227 Å². The minimum absolute atomic E-state index is 0.0395. The van der Waals surface area contributed by atoms with E-state index in [0.29, 0.717) is 25.2 Å². The van der Waals surface area contributed by atoms with Crippen LogP contribution in [0.15, 0.2) is 70.4 Å². The van der Waals surface area contributed by atoms with Gasteiger partial charge in [-0.25, -0.2) is 13.8 Å². The molecule has 0 unspecified atom stereocenters. The zero-order valence-electron chi connectivity index (χ0n) is 22.7.